The number of nitrogens with one attached hydrogen (secondary N) is 1. The zero-order chi connectivity index (χ0) is 23.8. The van der Waals surface area contributed by atoms with Gasteiger partial charge in [0, 0.05) is 0 Å². The first-order valence-electron chi connectivity index (χ1n) is 9.45. The van der Waals surface area contributed by atoms with Crippen molar-refractivity contribution in [3.63, 3.8) is 0 Å². The van der Waals surface area contributed by atoms with Gasteiger partial charge in [-0.3, -0.25) is 13.5 Å². The second kappa shape index (κ2) is 9.38. The number of nitrogen functional groups attached to an aromatic ring is 1. The number of amides is 1. The monoisotopic (exact) mass is 494 g/mol. The molecule has 1 aliphatic rings. The van der Waals surface area contributed by atoms with E-state index >= 15 is 0 Å². The standard InChI is InChI=1S/C16H23ClN6O8S/c1-6(2)3-7(24)14(27)22-32(28,29)30-4-8-10(25)11(26)15(31-8)23-5-19-9-12(18)20-16(17)21-13(9)23/h5-8,10-11,15,24-26H,3-4H2,1-2H3,(H,22,27)(H2,18,20,21)/t7-,8+,10+,11+,15+/m0/s1. The van der Waals surface area contributed by atoms with Gasteiger partial charge in [0.1, 0.15) is 29.9 Å². The average Bonchev–Trinajstić information content (AvgIpc) is 3.21. The number of halogens is 1. The fourth-order valence-corrected chi connectivity index (χ4v) is 4.05. The predicted octanol–water partition coefficient (Wildman–Crippen LogP) is -1.53. The number of carbonyl (C=O) groups is 1. The van der Waals surface area contributed by atoms with E-state index in [1.54, 1.807) is 18.6 Å². The van der Waals surface area contributed by atoms with Crippen LogP contribution in [-0.2, 0) is 24.0 Å². The number of aliphatic hydroxyl groups is 3. The summed E-state index contributed by atoms with van der Waals surface area (Å²) in [5, 5.41) is 30.2. The molecule has 32 heavy (non-hydrogen) atoms. The van der Waals surface area contributed by atoms with E-state index < -0.39 is 53.5 Å². The lowest BCUT2D eigenvalue weighted by Gasteiger charge is -2.17. The summed E-state index contributed by atoms with van der Waals surface area (Å²) in [6.07, 6.45) is -5.83. The van der Waals surface area contributed by atoms with E-state index in [0.717, 1.165) is 0 Å². The molecule has 1 aliphatic heterocycles. The van der Waals surface area contributed by atoms with Crippen LogP contribution in [0.2, 0.25) is 5.28 Å². The Morgan fingerprint density at radius 2 is 2.06 bits per heavy atom. The van der Waals surface area contributed by atoms with Crippen LogP contribution in [-0.4, -0.2) is 80.2 Å². The molecular formula is C16H23ClN6O8S. The minimum Gasteiger partial charge on any atom is -0.387 e. The lowest BCUT2D eigenvalue weighted by molar-refractivity contribution is -0.128. The van der Waals surface area contributed by atoms with Gasteiger partial charge in [-0.25, -0.2) is 9.71 Å². The van der Waals surface area contributed by atoms with Crippen LogP contribution in [0.3, 0.4) is 0 Å². The topological polar surface area (TPSA) is 212 Å². The van der Waals surface area contributed by atoms with Gasteiger partial charge in [-0.2, -0.15) is 18.4 Å². The largest absolute Gasteiger partial charge is 0.387 e. The Hall–Kier alpha value is -2.14. The maximum atomic E-state index is 12.0. The number of nitrogens with zero attached hydrogens (tertiary/aromatic N) is 4. The van der Waals surface area contributed by atoms with Crippen LogP contribution in [0.15, 0.2) is 6.33 Å². The number of aromatic nitrogens is 4. The molecule has 14 nitrogen and oxygen atoms in total. The minimum atomic E-state index is -4.61. The quantitative estimate of drug-likeness (QED) is 0.264. The first-order chi connectivity index (χ1) is 14.9. The highest BCUT2D eigenvalue weighted by atomic mass is 35.5. The molecule has 1 saturated heterocycles. The number of nitrogens with two attached hydrogens (primary N) is 1. The number of ether oxygens (including phenoxy) is 1. The number of fused-ring (bicyclic) bond motifs is 1. The number of carbonyl (C=O) groups excluding carboxylic acids is 1. The van der Waals surface area contributed by atoms with Gasteiger partial charge in [0.2, 0.25) is 5.28 Å². The zero-order valence-corrected chi connectivity index (χ0v) is 18.6. The molecule has 16 heteroatoms. The highest BCUT2D eigenvalue weighted by Crippen LogP contribution is 2.32. The van der Waals surface area contributed by atoms with Crippen molar-refractivity contribution in [3.05, 3.63) is 11.6 Å². The normalized spacial score (nSPS) is 24.8. The Bertz CT molecular complexity index is 1100. The van der Waals surface area contributed by atoms with Gasteiger partial charge < -0.3 is 25.8 Å². The van der Waals surface area contributed by atoms with Crippen molar-refractivity contribution >= 4 is 44.8 Å². The number of rotatable bonds is 8. The molecule has 1 amide bonds. The third-order valence-electron chi connectivity index (χ3n) is 4.64. The number of hydrogen-bond donors (Lipinski definition) is 5. The lowest BCUT2D eigenvalue weighted by Crippen LogP contribution is -2.42. The van der Waals surface area contributed by atoms with Gasteiger partial charge in [-0.1, -0.05) is 13.8 Å². The first kappa shape index (κ1) is 24.5. The summed E-state index contributed by atoms with van der Waals surface area (Å²) in [7, 11) is -4.61. The maximum Gasteiger partial charge on any atom is 0.362 e. The van der Waals surface area contributed by atoms with Crippen LogP contribution in [0.1, 0.15) is 26.5 Å². The molecule has 6 N–H and O–H groups in total. The maximum absolute atomic E-state index is 12.0. The lowest BCUT2D eigenvalue weighted by atomic mass is 10.1. The van der Waals surface area contributed by atoms with Gasteiger partial charge in [0.25, 0.3) is 5.91 Å². The molecule has 0 bridgehead atoms. The molecule has 2 aromatic rings. The molecule has 5 atom stereocenters. The molecule has 1 fully saturated rings. The summed E-state index contributed by atoms with van der Waals surface area (Å²) in [5.41, 5.74) is 6.05. The molecule has 0 radical (unpaired) electrons. The average molecular weight is 495 g/mol. The van der Waals surface area contributed by atoms with Gasteiger partial charge in [0.05, 0.1) is 12.9 Å². The highest BCUT2D eigenvalue weighted by molar-refractivity contribution is 7.85. The third kappa shape index (κ3) is 5.25. The first-order valence-corrected chi connectivity index (χ1v) is 11.2. The van der Waals surface area contributed by atoms with Crippen molar-refractivity contribution in [2.75, 3.05) is 12.3 Å². The van der Waals surface area contributed by atoms with Crippen LogP contribution >= 0.6 is 11.6 Å². The summed E-state index contributed by atoms with van der Waals surface area (Å²) in [5.74, 6) is -1.20. The van der Waals surface area contributed by atoms with E-state index in [-0.39, 0.29) is 34.6 Å². The van der Waals surface area contributed by atoms with Crippen LogP contribution in [0.25, 0.3) is 11.2 Å². The molecule has 0 saturated carbocycles. The number of aliphatic hydroxyl groups excluding tert-OH is 3. The van der Waals surface area contributed by atoms with Gasteiger partial charge in [-0.05, 0) is 23.9 Å². The zero-order valence-electron chi connectivity index (χ0n) is 17.0. The van der Waals surface area contributed by atoms with Crippen LogP contribution in [0.4, 0.5) is 5.82 Å². The van der Waals surface area contributed by atoms with E-state index in [9.17, 15) is 28.5 Å². The van der Waals surface area contributed by atoms with Gasteiger partial charge >= 0.3 is 10.3 Å². The van der Waals surface area contributed by atoms with E-state index in [1.807, 2.05) is 0 Å². The Morgan fingerprint density at radius 3 is 2.72 bits per heavy atom. The molecule has 0 unspecified atom stereocenters. The molecule has 3 rings (SSSR count). The van der Waals surface area contributed by atoms with Gasteiger partial charge in [0.15, 0.2) is 17.7 Å². The summed E-state index contributed by atoms with van der Waals surface area (Å²) >= 11 is 5.81. The van der Waals surface area contributed by atoms with Crippen molar-refractivity contribution in [3.8, 4) is 0 Å². The number of imidazole rings is 1. The second-order valence-electron chi connectivity index (χ2n) is 7.60. The van der Waals surface area contributed by atoms with E-state index in [1.165, 1.54) is 10.9 Å². The Morgan fingerprint density at radius 1 is 1.38 bits per heavy atom. The Kier molecular flexibility index (Phi) is 7.18. The molecule has 0 spiro atoms. The SMILES string of the molecule is CC(C)C[C@H](O)C(=O)NS(=O)(=O)OC[C@H]1O[C@@H](n2cnc3c(N)nc(Cl)nc32)[C@H](O)[C@@H]1O. The fraction of sp³-hybridized carbons (Fsp3) is 0.625. The molecular weight excluding hydrogens is 472 g/mol. The Labute approximate surface area is 187 Å². The van der Waals surface area contributed by atoms with Gasteiger partial charge in [-0.15, -0.1) is 0 Å². The number of anilines is 1. The summed E-state index contributed by atoms with van der Waals surface area (Å²) < 4.78 is 37.1. The molecule has 0 aliphatic carbocycles. The molecule has 3 heterocycles. The van der Waals surface area contributed by atoms with Crippen LogP contribution < -0.4 is 10.5 Å². The highest BCUT2D eigenvalue weighted by Gasteiger charge is 2.45. The van der Waals surface area contributed by atoms with E-state index in [2.05, 4.69) is 15.0 Å². The van der Waals surface area contributed by atoms with Crippen LogP contribution in [0.5, 0.6) is 0 Å². The van der Waals surface area contributed by atoms with Crippen molar-refractivity contribution in [2.45, 2.75) is 50.9 Å². The summed E-state index contributed by atoms with van der Waals surface area (Å²) in [4.78, 5) is 23.6. The summed E-state index contributed by atoms with van der Waals surface area (Å²) in [6, 6.07) is 0. The smallest absolute Gasteiger partial charge is 0.362 e. The van der Waals surface area contributed by atoms with Crippen LogP contribution in [0, 0.1) is 5.92 Å². The third-order valence-corrected chi connectivity index (χ3v) is 5.71. The minimum absolute atomic E-state index is 0.00634. The predicted molar refractivity (Wildman–Crippen MR) is 109 cm³/mol. The van der Waals surface area contributed by atoms with Crippen molar-refractivity contribution < 1.29 is 37.5 Å². The molecule has 2 aromatic heterocycles. The van der Waals surface area contributed by atoms with E-state index in [4.69, 9.17) is 26.3 Å². The van der Waals surface area contributed by atoms with Crippen molar-refractivity contribution in [2.24, 2.45) is 5.92 Å². The molecule has 178 valence electrons. The Balaban J connectivity index is 1.68. The second-order valence-corrected chi connectivity index (χ2v) is 9.28. The summed E-state index contributed by atoms with van der Waals surface area (Å²) in [6.45, 7) is 2.77. The van der Waals surface area contributed by atoms with Crippen molar-refractivity contribution in [1.82, 2.24) is 24.2 Å². The fourth-order valence-electron chi connectivity index (χ4n) is 3.12. The number of hydrogen-bond acceptors (Lipinski definition) is 12. The van der Waals surface area contributed by atoms with E-state index in [0.29, 0.717) is 0 Å². The van der Waals surface area contributed by atoms with Crippen molar-refractivity contribution in [1.29, 1.82) is 0 Å². The molecule has 0 aromatic carbocycles.